The molecule has 0 atom stereocenters. The van der Waals surface area contributed by atoms with Crippen LogP contribution in [-0.4, -0.2) is 44.9 Å². The van der Waals surface area contributed by atoms with Crippen molar-refractivity contribution >= 4 is 5.91 Å². The van der Waals surface area contributed by atoms with Gasteiger partial charge in [-0.1, -0.05) is 5.21 Å². The first kappa shape index (κ1) is 15.0. The Balaban J connectivity index is 1.66. The molecule has 0 radical (unpaired) electrons. The highest BCUT2D eigenvalue weighted by molar-refractivity contribution is 5.75. The van der Waals surface area contributed by atoms with Crippen molar-refractivity contribution in [2.24, 2.45) is 0 Å². The van der Waals surface area contributed by atoms with E-state index in [0.29, 0.717) is 12.5 Å². The smallest absolute Gasteiger partial charge is 0.222 e. The van der Waals surface area contributed by atoms with Gasteiger partial charge in [-0.25, -0.2) is 0 Å². The third kappa shape index (κ3) is 4.59. The molecule has 0 unspecified atom stereocenters. The lowest BCUT2D eigenvalue weighted by Gasteiger charge is -2.18. The van der Waals surface area contributed by atoms with Crippen molar-refractivity contribution in [2.45, 2.75) is 58.7 Å². The SMILES string of the molecule is CCN(CC)C(=O)CCCn1cc(CNC2CC2)nn1. The minimum atomic E-state index is 0.228. The number of carbonyl (C=O) groups excluding carboxylic acids is 1. The fourth-order valence-corrected chi connectivity index (χ4v) is 2.19. The van der Waals surface area contributed by atoms with Crippen LogP contribution in [0.4, 0.5) is 0 Å². The lowest BCUT2D eigenvalue weighted by Crippen LogP contribution is -2.30. The van der Waals surface area contributed by atoms with Gasteiger partial charge in [0.1, 0.15) is 0 Å². The van der Waals surface area contributed by atoms with Gasteiger partial charge in [-0.3, -0.25) is 9.48 Å². The molecular formula is C14H25N5O. The van der Waals surface area contributed by atoms with Crippen molar-refractivity contribution in [3.8, 4) is 0 Å². The number of carbonyl (C=O) groups is 1. The van der Waals surface area contributed by atoms with Crippen LogP contribution in [0, 0.1) is 0 Å². The van der Waals surface area contributed by atoms with Crippen LogP contribution in [0.15, 0.2) is 6.20 Å². The summed E-state index contributed by atoms with van der Waals surface area (Å²) in [6.45, 7) is 7.15. The Morgan fingerprint density at radius 2 is 2.20 bits per heavy atom. The summed E-state index contributed by atoms with van der Waals surface area (Å²) in [5.41, 5.74) is 0.979. The molecule has 1 aromatic heterocycles. The standard InChI is InChI=1S/C14H25N5O/c1-3-18(4-2)14(20)6-5-9-19-11-13(16-17-19)10-15-12-7-8-12/h11-12,15H,3-10H2,1-2H3. The quantitative estimate of drug-likeness (QED) is 0.737. The second kappa shape index (κ2) is 7.38. The predicted octanol–water partition coefficient (Wildman–Crippen LogP) is 1.18. The maximum Gasteiger partial charge on any atom is 0.222 e. The number of hydrogen-bond donors (Lipinski definition) is 1. The van der Waals surface area contributed by atoms with Gasteiger partial charge in [0.15, 0.2) is 0 Å². The van der Waals surface area contributed by atoms with Crippen molar-refractivity contribution in [3.63, 3.8) is 0 Å². The van der Waals surface area contributed by atoms with Crippen molar-refractivity contribution in [1.29, 1.82) is 0 Å². The fraction of sp³-hybridized carbons (Fsp3) is 0.786. The molecule has 0 aromatic carbocycles. The molecule has 2 rings (SSSR count). The van der Waals surface area contributed by atoms with Gasteiger partial charge in [0.25, 0.3) is 0 Å². The predicted molar refractivity (Wildman–Crippen MR) is 77.0 cm³/mol. The molecular weight excluding hydrogens is 254 g/mol. The van der Waals surface area contributed by atoms with Crippen molar-refractivity contribution in [3.05, 3.63) is 11.9 Å². The van der Waals surface area contributed by atoms with Crippen LogP contribution in [0.1, 0.15) is 45.2 Å². The molecule has 1 heterocycles. The number of aryl methyl sites for hydroxylation is 1. The molecule has 0 spiro atoms. The van der Waals surface area contributed by atoms with Gasteiger partial charge in [0.2, 0.25) is 5.91 Å². The lowest BCUT2D eigenvalue weighted by molar-refractivity contribution is -0.130. The summed E-state index contributed by atoms with van der Waals surface area (Å²) in [6, 6.07) is 0.687. The average Bonchev–Trinajstić information content (AvgIpc) is 3.17. The molecule has 1 aliphatic carbocycles. The molecule has 1 aromatic rings. The number of amides is 1. The van der Waals surface area contributed by atoms with Crippen LogP contribution in [0.3, 0.4) is 0 Å². The van der Waals surface area contributed by atoms with E-state index in [1.807, 2.05) is 29.6 Å². The Morgan fingerprint density at radius 3 is 2.85 bits per heavy atom. The summed E-state index contributed by atoms with van der Waals surface area (Å²) in [5.74, 6) is 0.228. The molecule has 6 heteroatoms. The Labute approximate surface area is 120 Å². The van der Waals surface area contributed by atoms with Gasteiger partial charge in [0.05, 0.1) is 5.69 Å². The summed E-state index contributed by atoms with van der Waals surface area (Å²) in [4.78, 5) is 13.7. The zero-order valence-corrected chi connectivity index (χ0v) is 12.5. The number of aromatic nitrogens is 3. The highest BCUT2D eigenvalue weighted by Crippen LogP contribution is 2.18. The van der Waals surface area contributed by atoms with E-state index in [9.17, 15) is 4.79 Å². The second-order valence-corrected chi connectivity index (χ2v) is 5.30. The van der Waals surface area contributed by atoms with E-state index in [1.54, 1.807) is 0 Å². The zero-order chi connectivity index (χ0) is 14.4. The van der Waals surface area contributed by atoms with Crippen molar-refractivity contribution in [2.75, 3.05) is 13.1 Å². The van der Waals surface area contributed by atoms with Crippen LogP contribution < -0.4 is 5.32 Å². The largest absolute Gasteiger partial charge is 0.343 e. The molecule has 1 fully saturated rings. The number of nitrogens with zero attached hydrogens (tertiary/aromatic N) is 4. The molecule has 1 amide bonds. The highest BCUT2D eigenvalue weighted by atomic mass is 16.2. The molecule has 1 aliphatic rings. The number of hydrogen-bond acceptors (Lipinski definition) is 4. The molecule has 6 nitrogen and oxygen atoms in total. The van der Waals surface area contributed by atoms with Gasteiger partial charge in [-0.05, 0) is 33.1 Å². The van der Waals surface area contributed by atoms with E-state index in [2.05, 4.69) is 15.6 Å². The van der Waals surface area contributed by atoms with Gasteiger partial charge in [0, 0.05) is 44.8 Å². The first-order valence-electron chi connectivity index (χ1n) is 7.63. The van der Waals surface area contributed by atoms with Gasteiger partial charge >= 0.3 is 0 Å². The topological polar surface area (TPSA) is 63.1 Å². The first-order valence-corrected chi connectivity index (χ1v) is 7.63. The second-order valence-electron chi connectivity index (χ2n) is 5.30. The summed E-state index contributed by atoms with van der Waals surface area (Å²) >= 11 is 0. The van der Waals surface area contributed by atoms with Crippen molar-refractivity contribution in [1.82, 2.24) is 25.2 Å². The molecule has 0 bridgehead atoms. The van der Waals surface area contributed by atoms with Gasteiger partial charge in [-0.2, -0.15) is 0 Å². The van der Waals surface area contributed by atoms with E-state index in [0.717, 1.165) is 38.3 Å². The summed E-state index contributed by atoms with van der Waals surface area (Å²) < 4.78 is 1.83. The Morgan fingerprint density at radius 1 is 1.45 bits per heavy atom. The maximum atomic E-state index is 11.9. The Kier molecular flexibility index (Phi) is 5.52. The van der Waals surface area contributed by atoms with Gasteiger partial charge in [-0.15, -0.1) is 5.10 Å². The van der Waals surface area contributed by atoms with E-state index in [4.69, 9.17) is 0 Å². The third-order valence-corrected chi connectivity index (χ3v) is 3.63. The Bertz CT molecular complexity index is 423. The third-order valence-electron chi connectivity index (χ3n) is 3.63. The Hall–Kier alpha value is -1.43. The first-order chi connectivity index (χ1) is 9.72. The number of nitrogens with one attached hydrogen (secondary N) is 1. The molecule has 112 valence electrons. The maximum absolute atomic E-state index is 11.9. The summed E-state index contributed by atoms with van der Waals surface area (Å²) in [5, 5.41) is 11.6. The monoisotopic (exact) mass is 279 g/mol. The van der Waals surface area contributed by atoms with Crippen LogP contribution in [0.5, 0.6) is 0 Å². The summed E-state index contributed by atoms with van der Waals surface area (Å²) in [6.07, 6.45) is 5.92. The average molecular weight is 279 g/mol. The molecule has 1 saturated carbocycles. The fourth-order valence-electron chi connectivity index (χ4n) is 2.19. The number of rotatable bonds is 9. The van der Waals surface area contributed by atoms with Crippen LogP contribution in [-0.2, 0) is 17.9 Å². The van der Waals surface area contributed by atoms with Crippen LogP contribution >= 0.6 is 0 Å². The van der Waals surface area contributed by atoms with Gasteiger partial charge < -0.3 is 10.2 Å². The molecule has 0 aliphatic heterocycles. The minimum absolute atomic E-state index is 0.228. The highest BCUT2D eigenvalue weighted by Gasteiger charge is 2.20. The zero-order valence-electron chi connectivity index (χ0n) is 12.5. The van der Waals surface area contributed by atoms with E-state index in [1.165, 1.54) is 12.8 Å². The minimum Gasteiger partial charge on any atom is -0.343 e. The van der Waals surface area contributed by atoms with E-state index < -0.39 is 0 Å². The van der Waals surface area contributed by atoms with Crippen LogP contribution in [0.25, 0.3) is 0 Å². The van der Waals surface area contributed by atoms with Crippen LogP contribution in [0.2, 0.25) is 0 Å². The lowest BCUT2D eigenvalue weighted by atomic mass is 10.2. The van der Waals surface area contributed by atoms with E-state index >= 15 is 0 Å². The van der Waals surface area contributed by atoms with Crippen molar-refractivity contribution < 1.29 is 4.79 Å². The summed E-state index contributed by atoms with van der Waals surface area (Å²) in [7, 11) is 0. The molecule has 20 heavy (non-hydrogen) atoms. The molecule has 0 saturated heterocycles. The normalized spacial score (nSPS) is 14.5. The van der Waals surface area contributed by atoms with E-state index in [-0.39, 0.29) is 5.91 Å². The molecule has 1 N–H and O–H groups in total.